The van der Waals surface area contributed by atoms with Gasteiger partial charge in [-0.3, -0.25) is 4.79 Å². The lowest BCUT2D eigenvalue weighted by Gasteiger charge is -2.32. The summed E-state index contributed by atoms with van der Waals surface area (Å²) in [5.41, 5.74) is 3.77. The van der Waals surface area contributed by atoms with Crippen LogP contribution in [-0.2, 0) is 27.4 Å². The summed E-state index contributed by atoms with van der Waals surface area (Å²) < 4.78 is 13.5. The monoisotopic (exact) mass is 371 g/mol. The molecule has 1 aliphatic heterocycles. The van der Waals surface area contributed by atoms with Crippen LogP contribution in [0.2, 0.25) is 0 Å². The van der Waals surface area contributed by atoms with Gasteiger partial charge in [0.15, 0.2) is 0 Å². The molecule has 26 heavy (non-hydrogen) atoms. The summed E-state index contributed by atoms with van der Waals surface area (Å²) in [6.07, 6.45) is 2.65. The van der Waals surface area contributed by atoms with E-state index in [9.17, 15) is 4.79 Å². The summed E-state index contributed by atoms with van der Waals surface area (Å²) in [6, 6.07) is 9.92. The van der Waals surface area contributed by atoms with E-state index in [1.807, 2.05) is 46.5 Å². The molecule has 2 atom stereocenters. The van der Waals surface area contributed by atoms with Gasteiger partial charge in [-0.1, -0.05) is 18.2 Å². The van der Waals surface area contributed by atoms with E-state index in [1.54, 1.807) is 16.8 Å². The standard InChI is InChI=1S/C19H21N3O3S/c23-19(9-22-7-5-14-3-1-2-4-17(14)22)21-16-11-24-8-6-18(16)25-10-15-12-26-13-20-15/h1-5,7,12-13,16,18H,6,8-11H2,(H,21,23)/t16-,18+/m1/s1. The van der Waals surface area contributed by atoms with Crippen molar-refractivity contribution >= 4 is 28.1 Å². The lowest BCUT2D eigenvalue weighted by Crippen LogP contribution is -2.51. The second kappa shape index (κ2) is 7.99. The number of thiazole rings is 1. The number of rotatable bonds is 6. The zero-order valence-corrected chi connectivity index (χ0v) is 15.2. The number of para-hydroxylation sites is 1. The average molecular weight is 371 g/mol. The molecule has 0 unspecified atom stereocenters. The number of hydrogen-bond donors (Lipinski definition) is 1. The van der Waals surface area contributed by atoms with E-state index in [4.69, 9.17) is 9.47 Å². The van der Waals surface area contributed by atoms with Crippen LogP contribution in [0.4, 0.5) is 0 Å². The van der Waals surface area contributed by atoms with Gasteiger partial charge in [0.2, 0.25) is 5.91 Å². The van der Waals surface area contributed by atoms with Crippen molar-refractivity contribution in [3.63, 3.8) is 0 Å². The number of fused-ring (bicyclic) bond motifs is 1. The Labute approximate surface area is 155 Å². The molecule has 3 aromatic rings. The van der Waals surface area contributed by atoms with Crippen LogP contribution >= 0.6 is 11.3 Å². The predicted molar refractivity (Wildman–Crippen MR) is 100.0 cm³/mol. The Balaban J connectivity index is 1.37. The third-order valence-electron chi connectivity index (χ3n) is 4.56. The molecular weight excluding hydrogens is 350 g/mol. The molecule has 0 aliphatic carbocycles. The Hall–Kier alpha value is -2.22. The summed E-state index contributed by atoms with van der Waals surface area (Å²) in [5.74, 6) is -0.0379. The van der Waals surface area contributed by atoms with Gasteiger partial charge in [0, 0.05) is 23.7 Å². The van der Waals surface area contributed by atoms with Crippen LogP contribution in [0, 0.1) is 0 Å². The highest BCUT2D eigenvalue weighted by Crippen LogP contribution is 2.16. The number of nitrogens with zero attached hydrogens (tertiary/aromatic N) is 2. The van der Waals surface area contributed by atoms with Gasteiger partial charge in [0.1, 0.15) is 6.54 Å². The fourth-order valence-electron chi connectivity index (χ4n) is 3.24. The molecule has 136 valence electrons. The van der Waals surface area contributed by atoms with Gasteiger partial charge in [0.05, 0.1) is 36.6 Å². The number of amides is 1. The van der Waals surface area contributed by atoms with Crippen LogP contribution in [0.25, 0.3) is 10.9 Å². The van der Waals surface area contributed by atoms with Crippen molar-refractivity contribution in [3.05, 3.63) is 53.1 Å². The summed E-state index contributed by atoms with van der Waals surface area (Å²) >= 11 is 1.55. The normalized spacial score (nSPS) is 20.3. The number of nitrogens with one attached hydrogen (secondary N) is 1. The Morgan fingerprint density at radius 2 is 2.31 bits per heavy atom. The van der Waals surface area contributed by atoms with E-state index in [0.29, 0.717) is 19.8 Å². The summed E-state index contributed by atoms with van der Waals surface area (Å²) in [5, 5.41) is 6.18. The zero-order valence-electron chi connectivity index (χ0n) is 14.3. The maximum atomic E-state index is 12.5. The van der Waals surface area contributed by atoms with Crippen LogP contribution in [-0.4, -0.2) is 40.8 Å². The first-order chi connectivity index (χ1) is 12.8. The first-order valence-corrected chi connectivity index (χ1v) is 9.63. The third-order valence-corrected chi connectivity index (χ3v) is 5.20. The van der Waals surface area contributed by atoms with Crippen LogP contribution in [0.1, 0.15) is 12.1 Å². The maximum Gasteiger partial charge on any atom is 0.240 e. The molecule has 2 aromatic heterocycles. The van der Waals surface area contributed by atoms with Gasteiger partial charge in [-0.15, -0.1) is 11.3 Å². The SMILES string of the molecule is O=C(Cn1ccc2ccccc21)N[C@@H]1COCC[C@@H]1OCc1cscn1. The van der Waals surface area contributed by atoms with Crippen molar-refractivity contribution in [1.82, 2.24) is 14.9 Å². The van der Waals surface area contributed by atoms with Crippen molar-refractivity contribution in [2.45, 2.75) is 31.7 Å². The molecular formula is C19H21N3O3S. The lowest BCUT2D eigenvalue weighted by molar-refractivity contribution is -0.127. The molecule has 0 bridgehead atoms. The predicted octanol–water partition coefficient (Wildman–Crippen LogP) is 2.59. The summed E-state index contributed by atoms with van der Waals surface area (Å²) in [4.78, 5) is 16.8. The quantitative estimate of drug-likeness (QED) is 0.723. The number of aromatic nitrogens is 2. The Kier molecular flexibility index (Phi) is 5.29. The van der Waals surface area contributed by atoms with Gasteiger partial charge in [0.25, 0.3) is 0 Å². The molecule has 1 amide bonds. The van der Waals surface area contributed by atoms with E-state index < -0.39 is 0 Å². The Morgan fingerprint density at radius 3 is 3.19 bits per heavy atom. The van der Waals surface area contributed by atoms with E-state index >= 15 is 0 Å². The molecule has 0 radical (unpaired) electrons. The number of ether oxygens (including phenoxy) is 2. The number of carbonyl (C=O) groups is 1. The van der Waals surface area contributed by atoms with E-state index in [-0.39, 0.29) is 24.6 Å². The molecule has 0 saturated carbocycles. The largest absolute Gasteiger partial charge is 0.379 e. The highest BCUT2D eigenvalue weighted by molar-refractivity contribution is 7.07. The molecule has 1 N–H and O–H groups in total. The third kappa shape index (κ3) is 3.95. The molecule has 4 rings (SSSR count). The number of carbonyl (C=O) groups excluding carboxylic acids is 1. The second-order valence-electron chi connectivity index (χ2n) is 6.37. The van der Waals surface area contributed by atoms with Gasteiger partial charge >= 0.3 is 0 Å². The molecule has 1 aromatic carbocycles. The average Bonchev–Trinajstić information content (AvgIpc) is 3.31. The molecule has 1 aliphatic rings. The van der Waals surface area contributed by atoms with Crippen molar-refractivity contribution in [3.8, 4) is 0 Å². The van der Waals surface area contributed by atoms with E-state index in [1.165, 1.54) is 0 Å². The van der Waals surface area contributed by atoms with Crippen LogP contribution in [0.15, 0.2) is 47.4 Å². The summed E-state index contributed by atoms with van der Waals surface area (Å²) in [7, 11) is 0. The Bertz CT molecular complexity index is 862. The number of benzene rings is 1. The van der Waals surface area contributed by atoms with Crippen LogP contribution < -0.4 is 5.32 Å². The van der Waals surface area contributed by atoms with Crippen LogP contribution in [0.5, 0.6) is 0 Å². The lowest BCUT2D eigenvalue weighted by atomic mass is 10.1. The minimum atomic E-state index is -0.142. The van der Waals surface area contributed by atoms with Crippen molar-refractivity contribution in [2.75, 3.05) is 13.2 Å². The molecule has 1 saturated heterocycles. The Morgan fingerprint density at radius 1 is 1.38 bits per heavy atom. The highest BCUT2D eigenvalue weighted by Gasteiger charge is 2.28. The van der Waals surface area contributed by atoms with Crippen molar-refractivity contribution < 1.29 is 14.3 Å². The van der Waals surface area contributed by atoms with Crippen molar-refractivity contribution in [2.24, 2.45) is 0 Å². The molecule has 3 heterocycles. The smallest absolute Gasteiger partial charge is 0.240 e. The van der Waals surface area contributed by atoms with Gasteiger partial charge in [-0.2, -0.15) is 0 Å². The molecule has 7 heteroatoms. The first-order valence-electron chi connectivity index (χ1n) is 8.69. The topological polar surface area (TPSA) is 65.4 Å². The highest BCUT2D eigenvalue weighted by atomic mass is 32.1. The maximum absolute atomic E-state index is 12.5. The van der Waals surface area contributed by atoms with Crippen molar-refractivity contribution in [1.29, 1.82) is 0 Å². The first kappa shape index (κ1) is 17.2. The van der Waals surface area contributed by atoms with Gasteiger partial charge in [-0.25, -0.2) is 4.98 Å². The van der Waals surface area contributed by atoms with E-state index in [0.717, 1.165) is 23.0 Å². The second-order valence-corrected chi connectivity index (χ2v) is 7.09. The fourth-order valence-corrected chi connectivity index (χ4v) is 3.78. The molecule has 1 fully saturated rings. The van der Waals surface area contributed by atoms with Crippen LogP contribution in [0.3, 0.4) is 0 Å². The fraction of sp³-hybridized carbons (Fsp3) is 0.368. The zero-order chi connectivity index (χ0) is 17.8. The summed E-state index contributed by atoms with van der Waals surface area (Å²) in [6.45, 7) is 1.86. The minimum Gasteiger partial charge on any atom is -0.379 e. The minimum absolute atomic E-state index is 0.0379. The molecule has 6 nitrogen and oxygen atoms in total. The van der Waals surface area contributed by atoms with Gasteiger partial charge in [-0.05, 0) is 23.9 Å². The van der Waals surface area contributed by atoms with Gasteiger partial charge < -0.3 is 19.4 Å². The number of hydrogen-bond acceptors (Lipinski definition) is 5. The molecule has 0 spiro atoms. The van der Waals surface area contributed by atoms with E-state index in [2.05, 4.69) is 10.3 Å².